The smallest absolute Gasteiger partial charge is 0.178 e. The zero-order chi connectivity index (χ0) is 14.2. The second kappa shape index (κ2) is 5.37. The van der Waals surface area contributed by atoms with Crippen molar-refractivity contribution in [3.63, 3.8) is 0 Å². The zero-order valence-electron chi connectivity index (χ0n) is 11.9. The number of hydrogen-bond donors (Lipinski definition) is 1. The molecule has 3 aliphatic heterocycles. The number of anilines is 1. The molecule has 0 saturated carbocycles. The Hall–Kier alpha value is -1.07. The number of rotatable bonds is 4. The number of nitrogens with one attached hydrogen (secondary N) is 1. The van der Waals surface area contributed by atoms with Gasteiger partial charge in [-0.15, -0.1) is 0 Å². The molecule has 2 bridgehead atoms. The molecule has 3 fully saturated rings. The Bertz CT molecular complexity index is 560. The Balaban J connectivity index is 1.70. The lowest BCUT2D eigenvalue weighted by molar-refractivity contribution is 0.0975. The molecule has 1 atom stereocenters. The van der Waals surface area contributed by atoms with Crippen LogP contribution in [0, 0.1) is 5.92 Å². The summed E-state index contributed by atoms with van der Waals surface area (Å²) in [6, 6.07) is 7.71. The molecule has 0 radical (unpaired) electrons. The minimum atomic E-state index is -3.09. The highest BCUT2D eigenvalue weighted by Crippen LogP contribution is 2.29. The van der Waals surface area contributed by atoms with Gasteiger partial charge in [0.2, 0.25) is 0 Å². The van der Waals surface area contributed by atoms with Crippen LogP contribution in [0.4, 0.5) is 5.69 Å². The predicted molar refractivity (Wildman–Crippen MR) is 80.7 cm³/mol. The highest BCUT2D eigenvalue weighted by Gasteiger charge is 2.33. The number of piperidine rings is 3. The fraction of sp³-hybridized carbons (Fsp3) is 0.600. The first-order chi connectivity index (χ1) is 9.58. The normalized spacial score (nSPS) is 29.4. The number of fused-ring (bicyclic) bond motifs is 3. The van der Waals surface area contributed by atoms with Gasteiger partial charge in [-0.25, -0.2) is 8.42 Å². The summed E-state index contributed by atoms with van der Waals surface area (Å²) in [6.07, 6.45) is 2.56. The van der Waals surface area contributed by atoms with Crippen molar-refractivity contribution < 1.29 is 8.42 Å². The van der Waals surface area contributed by atoms with E-state index in [1.807, 2.05) is 12.1 Å². The fourth-order valence-electron chi connectivity index (χ4n) is 3.27. The first kappa shape index (κ1) is 13.9. The predicted octanol–water partition coefficient (Wildman–Crippen LogP) is 1.99. The molecule has 3 aliphatic rings. The topological polar surface area (TPSA) is 49.4 Å². The second-order valence-corrected chi connectivity index (χ2v) is 8.09. The van der Waals surface area contributed by atoms with E-state index >= 15 is 0 Å². The SMILES string of the molecule is CCS(=O)(=O)c1ccc(NC2CN3CCC2CC3)cc1. The summed E-state index contributed by atoms with van der Waals surface area (Å²) in [5.41, 5.74) is 1.03. The van der Waals surface area contributed by atoms with Crippen molar-refractivity contribution in [1.82, 2.24) is 4.90 Å². The maximum absolute atomic E-state index is 11.8. The van der Waals surface area contributed by atoms with Crippen LogP contribution in [0.15, 0.2) is 29.2 Å². The molecule has 1 aromatic carbocycles. The van der Waals surface area contributed by atoms with Gasteiger partial charge >= 0.3 is 0 Å². The molecule has 1 aromatic rings. The van der Waals surface area contributed by atoms with E-state index in [2.05, 4.69) is 10.2 Å². The number of sulfone groups is 1. The van der Waals surface area contributed by atoms with E-state index in [9.17, 15) is 8.42 Å². The van der Waals surface area contributed by atoms with E-state index in [4.69, 9.17) is 0 Å². The van der Waals surface area contributed by atoms with Crippen molar-refractivity contribution in [1.29, 1.82) is 0 Å². The Morgan fingerprint density at radius 2 is 1.85 bits per heavy atom. The average Bonchev–Trinajstić information content (AvgIpc) is 2.49. The van der Waals surface area contributed by atoms with Crippen LogP contribution >= 0.6 is 0 Å². The van der Waals surface area contributed by atoms with Crippen molar-refractivity contribution in [3.05, 3.63) is 24.3 Å². The van der Waals surface area contributed by atoms with Gasteiger partial charge < -0.3 is 10.2 Å². The highest BCUT2D eigenvalue weighted by molar-refractivity contribution is 7.91. The lowest BCUT2D eigenvalue weighted by Crippen LogP contribution is -2.53. The monoisotopic (exact) mass is 294 g/mol. The Morgan fingerprint density at radius 1 is 1.20 bits per heavy atom. The van der Waals surface area contributed by atoms with Crippen LogP contribution in [0.5, 0.6) is 0 Å². The largest absolute Gasteiger partial charge is 0.381 e. The van der Waals surface area contributed by atoms with Crippen LogP contribution in [-0.2, 0) is 9.84 Å². The summed E-state index contributed by atoms with van der Waals surface area (Å²) < 4.78 is 23.6. The first-order valence-electron chi connectivity index (χ1n) is 7.40. The molecule has 110 valence electrons. The van der Waals surface area contributed by atoms with Crippen molar-refractivity contribution >= 4 is 15.5 Å². The second-order valence-electron chi connectivity index (χ2n) is 5.82. The molecule has 0 spiro atoms. The van der Waals surface area contributed by atoms with Gasteiger partial charge in [-0.2, -0.15) is 0 Å². The lowest BCUT2D eigenvalue weighted by atomic mass is 9.84. The van der Waals surface area contributed by atoms with E-state index in [-0.39, 0.29) is 5.75 Å². The lowest BCUT2D eigenvalue weighted by Gasteiger charge is -2.45. The quantitative estimate of drug-likeness (QED) is 0.922. The number of hydrogen-bond acceptors (Lipinski definition) is 4. The van der Waals surface area contributed by atoms with Gasteiger partial charge in [0.25, 0.3) is 0 Å². The van der Waals surface area contributed by atoms with Gasteiger partial charge in [0.1, 0.15) is 0 Å². The Labute approximate surface area is 121 Å². The minimum absolute atomic E-state index is 0.152. The molecule has 20 heavy (non-hydrogen) atoms. The summed E-state index contributed by atoms with van der Waals surface area (Å²) in [6.45, 7) is 5.25. The molecule has 0 aliphatic carbocycles. The third-order valence-electron chi connectivity index (χ3n) is 4.60. The number of benzene rings is 1. The van der Waals surface area contributed by atoms with Crippen molar-refractivity contribution in [2.24, 2.45) is 5.92 Å². The van der Waals surface area contributed by atoms with Crippen LogP contribution < -0.4 is 5.32 Å². The number of nitrogens with zero attached hydrogens (tertiary/aromatic N) is 1. The highest BCUT2D eigenvalue weighted by atomic mass is 32.2. The van der Waals surface area contributed by atoms with Crippen molar-refractivity contribution in [2.75, 3.05) is 30.7 Å². The zero-order valence-corrected chi connectivity index (χ0v) is 12.7. The average molecular weight is 294 g/mol. The van der Waals surface area contributed by atoms with E-state index in [0.717, 1.165) is 18.2 Å². The molecule has 1 unspecified atom stereocenters. The van der Waals surface area contributed by atoms with Gasteiger partial charge in [0.05, 0.1) is 10.6 Å². The fourth-order valence-corrected chi connectivity index (χ4v) is 4.15. The van der Waals surface area contributed by atoms with Crippen LogP contribution in [0.1, 0.15) is 19.8 Å². The van der Waals surface area contributed by atoms with Crippen LogP contribution in [0.2, 0.25) is 0 Å². The third kappa shape index (κ3) is 2.69. The molecule has 4 rings (SSSR count). The van der Waals surface area contributed by atoms with Crippen LogP contribution in [0.25, 0.3) is 0 Å². The summed E-state index contributed by atoms with van der Waals surface area (Å²) in [7, 11) is -3.09. The van der Waals surface area contributed by atoms with E-state index in [1.54, 1.807) is 19.1 Å². The maximum atomic E-state index is 11.8. The summed E-state index contributed by atoms with van der Waals surface area (Å²) in [4.78, 5) is 2.92. The molecular formula is C15H22N2O2S. The van der Waals surface area contributed by atoms with Gasteiger partial charge in [-0.1, -0.05) is 6.92 Å². The molecular weight excluding hydrogens is 272 g/mol. The molecule has 3 heterocycles. The van der Waals surface area contributed by atoms with Crippen LogP contribution in [0.3, 0.4) is 0 Å². The van der Waals surface area contributed by atoms with Gasteiger partial charge in [0.15, 0.2) is 9.84 Å². The van der Waals surface area contributed by atoms with Gasteiger partial charge in [-0.3, -0.25) is 0 Å². The molecule has 0 amide bonds. The molecule has 1 N–H and O–H groups in total. The summed E-state index contributed by atoms with van der Waals surface area (Å²) in [5.74, 6) is 0.915. The van der Waals surface area contributed by atoms with E-state index < -0.39 is 9.84 Å². The van der Waals surface area contributed by atoms with E-state index in [1.165, 1.54) is 25.9 Å². The first-order valence-corrected chi connectivity index (χ1v) is 9.05. The molecule has 3 saturated heterocycles. The minimum Gasteiger partial charge on any atom is -0.381 e. The summed E-state index contributed by atoms with van der Waals surface area (Å²) in [5, 5.41) is 3.57. The van der Waals surface area contributed by atoms with Crippen LogP contribution in [-0.4, -0.2) is 44.7 Å². The van der Waals surface area contributed by atoms with Crippen molar-refractivity contribution in [3.8, 4) is 0 Å². The molecule has 5 heteroatoms. The molecule has 0 aromatic heterocycles. The third-order valence-corrected chi connectivity index (χ3v) is 6.35. The Morgan fingerprint density at radius 3 is 2.35 bits per heavy atom. The van der Waals surface area contributed by atoms with Gasteiger partial charge in [-0.05, 0) is 56.1 Å². The maximum Gasteiger partial charge on any atom is 0.178 e. The Kier molecular flexibility index (Phi) is 3.73. The van der Waals surface area contributed by atoms with Gasteiger partial charge in [0, 0.05) is 18.3 Å². The van der Waals surface area contributed by atoms with Crippen molar-refractivity contribution in [2.45, 2.75) is 30.7 Å². The summed E-state index contributed by atoms with van der Waals surface area (Å²) >= 11 is 0. The van der Waals surface area contributed by atoms with E-state index in [0.29, 0.717) is 10.9 Å². The molecule has 4 nitrogen and oxygen atoms in total. The standard InChI is InChI=1S/C15H22N2O2S/c1-2-20(18,19)14-5-3-13(4-6-14)16-15-11-17-9-7-12(15)8-10-17/h3-6,12,15-16H,2,7-11H2,1H3.